The molecule has 0 aliphatic heterocycles. The van der Waals surface area contributed by atoms with E-state index in [1.807, 2.05) is 0 Å². The van der Waals surface area contributed by atoms with Gasteiger partial charge >= 0.3 is 5.97 Å². The van der Waals surface area contributed by atoms with Crippen LogP contribution in [0.5, 0.6) is 17.2 Å². The second-order valence-corrected chi connectivity index (χ2v) is 4.31. The van der Waals surface area contributed by atoms with Gasteiger partial charge in [-0.25, -0.2) is 4.79 Å². The molecule has 108 valence electrons. The lowest BCUT2D eigenvalue weighted by Crippen LogP contribution is -2.01. The largest absolute Gasteiger partial charge is 0.507 e. The summed E-state index contributed by atoms with van der Waals surface area (Å²) in [5, 5.41) is 28.6. The summed E-state index contributed by atoms with van der Waals surface area (Å²) < 4.78 is 5.01. The van der Waals surface area contributed by atoms with E-state index in [0.717, 1.165) is 0 Å². The van der Waals surface area contributed by atoms with Gasteiger partial charge in [0.1, 0.15) is 22.8 Å². The van der Waals surface area contributed by atoms with Gasteiger partial charge in [-0.1, -0.05) is 30.4 Å². The molecule has 0 atom stereocenters. The van der Waals surface area contributed by atoms with E-state index in [4.69, 9.17) is 4.74 Å². The summed E-state index contributed by atoms with van der Waals surface area (Å²) in [7, 11) is 1.42. The molecule has 2 aromatic rings. The predicted molar refractivity (Wildman–Crippen MR) is 78.7 cm³/mol. The van der Waals surface area contributed by atoms with Gasteiger partial charge < -0.3 is 20.1 Å². The Morgan fingerprint density at radius 3 is 2.33 bits per heavy atom. The molecule has 0 unspecified atom stereocenters. The topological polar surface area (TPSA) is 87.0 Å². The molecule has 0 heterocycles. The van der Waals surface area contributed by atoms with Crippen molar-refractivity contribution in [2.45, 2.75) is 0 Å². The van der Waals surface area contributed by atoms with Gasteiger partial charge in [-0.2, -0.15) is 0 Å². The van der Waals surface area contributed by atoms with Crippen LogP contribution in [0, 0.1) is 0 Å². The highest BCUT2D eigenvalue weighted by atomic mass is 16.5. The molecule has 0 spiro atoms. The molecule has 0 aliphatic carbocycles. The van der Waals surface area contributed by atoms with Gasteiger partial charge in [0.2, 0.25) is 0 Å². The normalized spacial score (nSPS) is 10.7. The van der Waals surface area contributed by atoms with Crippen molar-refractivity contribution >= 4 is 18.1 Å². The number of aromatic hydroxyl groups is 2. The first-order chi connectivity index (χ1) is 10.0. The third-order valence-electron chi connectivity index (χ3n) is 2.95. The maximum atomic E-state index is 11.2. The molecule has 5 heteroatoms. The molecule has 2 aromatic carbocycles. The Morgan fingerprint density at radius 1 is 1.05 bits per heavy atom. The summed E-state index contributed by atoms with van der Waals surface area (Å²) in [6.45, 7) is 0. The quantitative estimate of drug-likeness (QED) is 0.752. The lowest BCUT2D eigenvalue weighted by atomic mass is 10.0. The highest BCUT2D eigenvalue weighted by Gasteiger charge is 2.15. The maximum Gasteiger partial charge on any atom is 0.340 e. The minimum atomic E-state index is -1.24. The summed E-state index contributed by atoms with van der Waals surface area (Å²) in [6.07, 6.45) is 3.07. The lowest BCUT2D eigenvalue weighted by molar-refractivity contribution is 0.0693. The van der Waals surface area contributed by atoms with Crippen LogP contribution in [-0.2, 0) is 0 Å². The molecule has 0 saturated carbocycles. The molecular weight excluding hydrogens is 272 g/mol. The predicted octanol–water partition coefficient (Wildman–Crippen LogP) is 2.98. The number of carboxylic acids is 1. The van der Waals surface area contributed by atoms with Crippen molar-refractivity contribution in [1.29, 1.82) is 0 Å². The van der Waals surface area contributed by atoms with Crippen molar-refractivity contribution in [3.05, 3.63) is 53.1 Å². The van der Waals surface area contributed by atoms with Crippen molar-refractivity contribution in [3.63, 3.8) is 0 Å². The Kier molecular flexibility index (Phi) is 4.13. The number of aromatic carboxylic acids is 1. The Hall–Kier alpha value is -2.95. The molecule has 21 heavy (non-hydrogen) atoms. The maximum absolute atomic E-state index is 11.2. The minimum absolute atomic E-state index is 0.0812. The second-order valence-electron chi connectivity index (χ2n) is 4.31. The number of hydrogen-bond acceptors (Lipinski definition) is 4. The Bertz CT molecular complexity index is 704. The summed E-state index contributed by atoms with van der Waals surface area (Å²) in [4.78, 5) is 11.2. The number of ether oxygens (including phenoxy) is 1. The molecule has 0 radical (unpaired) electrons. The van der Waals surface area contributed by atoms with E-state index in [2.05, 4.69) is 0 Å². The number of carboxylic acid groups (broad SMARTS) is 1. The number of para-hydroxylation sites is 1. The van der Waals surface area contributed by atoms with Crippen LogP contribution in [-0.4, -0.2) is 28.4 Å². The Labute approximate surface area is 121 Å². The van der Waals surface area contributed by atoms with Crippen molar-refractivity contribution in [3.8, 4) is 17.2 Å². The SMILES string of the molecule is COc1cc(O)c(C(=O)O)c(C=Cc2ccccc2O)c1. The third kappa shape index (κ3) is 3.14. The Morgan fingerprint density at radius 2 is 1.71 bits per heavy atom. The van der Waals surface area contributed by atoms with Gasteiger partial charge in [0.25, 0.3) is 0 Å². The second kappa shape index (κ2) is 6.00. The highest BCUT2D eigenvalue weighted by Crippen LogP contribution is 2.30. The number of carbonyl (C=O) groups is 1. The molecule has 0 saturated heterocycles. The van der Waals surface area contributed by atoms with Gasteiger partial charge in [0.05, 0.1) is 7.11 Å². The molecular formula is C16H14O5. The third-order valence-corrected chi connectivity index (χ3v) is 2.95. The lowest BCUT2D eigenvalue weighted by Gasteiger charge is -2.08. The Balaban J connectivity index is 2.50. The van der Waals surface area contributed by atoms with E-state index in [-0.39, 0.29) is 22.6 Å². The first kappa shape index (κ1) is 14.5. The number of benzene rings is 2. The van der Waals surface area contributed by atoms with E-state index < -0.39 is 5.97 Å². The van der Waals surface area contributed by atoms with Gasteiger partial charge in [-0.15, -0.1) is 0 Å². The molecule has 0 fully saturated rings. The van der Waals surface area contributed by atoms with Gasteiger partial charge in [0.15, 0.2) is 0 Å². The summed E-state index contributed by atoms with van der Waals surface area (Å²) >= 11 is 0. The van der Waals surface area contributed by atoms with E-state index in [1.54, 1.807) is 24.3 Å². The van der Waals surface area contributed by atoms with Crippen LogP contribution < -0.4 is 4.74 Å². The zero-order valence-electron chi connectivity index (χ0n) is 11.3. The molecule has 0 bridgehead atoms. The van der Waals surface area contributed by atoms with Gasteiger partial charge in [0, 0.05) is 11.6 Å². The molecule has 0 aliphatic rings. The molecule has 3 N–H and O–H groups in total. The fraction of sp³-hybridized carbons (Fsp3) is 0.0625. The molecule has 0 amide bonds. The monoisotopic (exact) mass is 286 g/mol. The minimum Gasteiger partial charge on any atom is -0.507 e. The summed E-state index contributed by atoms with van der Waals surface area (Å²) in [5.74, 6) is -1.20. The van der Waals surface area contributed by atoms with Crippen LogP contribution in [0.2, 0.25) is 0 Å². The average molecular weight is 286 g/mol. The number of hydrogen-bond donors (Lipinski definition) is 3. The van der Waals surface area contributed by atoms with Crippen molar-refractivity contribution in [2.24, 2.45) is 0 Å². The van der Waals surface area contributed by atoms with Crippen LogP contribution in [0.25, 0.3) is 12.2 Å². The van der Waals surface area contributed by atoms with E-state index in [9.17, 15) is 20.1 Å². The highest BCUT2D eigenvalue weighted by molar-refractivity contribution is 5.96. The first-order valence-electron chi connectivity index (χ1n) is 6.13. The van der Waals surface area contributed by atoms with Gasteiger partial charge in [-0.3, -0.25) is 0 Å². The number of methoxy groups -OCH3 is 1. The number of phenols is 2. The van der Waals surface area contributed by atoms with Crippen molar-refractivity contribution in [1.82, 2.24) is 0 Å². The van der Waals surface area contributed by atoms with Gasteiger partial charge in [-0.05, 0) is 17.7 Å². The first-order valence-corrected chi connectivity index (χ1v) is 6.13. The standard InChI is InChI=1S/C16H14O5/c1-21-12-8-11(15(16(19)20)14(18)9-12)7-6-10-4-2-3-5-13(10)17/h2-9,17-18H,1H3,(H,19,20). The van der Waals surface area contributed by atoms with E-state index >= 15 is 0 Å². The molecule has 2 rings (SSSR count). The van der Waals surface area contributed by atoms with Crippen LogP contribution in [0.1, 0.15) is 21.5 Å². The number of phenolic OH excluding ortho intramolecular Hbond substituents is 1. The smallest absolute Gasteiger partial charge is 0.340 e. The summed E-state index contributed by atoms with van der Waals surface area (Å²) in [6, 6.07) is 9.39. The van der Waals surface area contributed by atoms with Crippen LogP contribution >= 0.6 is 0 Å². The van der Waals surface area contributed by atoms with Crippen molar-refractivity contribution < 1.29 is 24.9 Å². The fourth-order valence-corrected chi connectivity index (χ4v) is 1.91. The fourth-order valence-electron chi connectivity index (χ4n) is 1.91. The molecule has 5 nitrogen and oxygen atoms in total. The van der Waals surface area contributed by atoms with Crippen LogP contribution in [0.15, 0.2) is 36.4 Å². The van der Waals surface area contributed by atoms with Crippen LogP contribution in [0.4, 0.5) is 0 Å². The average Bonchev–Trinajstić information content (AvgIpc) is 2.45. The van der Waals surface area contributed by atoms with E-state index in [1.165, 1.54) is 31.4 Å². The van der Waals surface area contributed by atoms with Crippen LogP contribution in [0.3, 0.4) is 0 Å². The van der Waals surface area contributed by atoms with Crippen molar-refractivity contribution in [2.75, 3.05) is 7.11 Å². The zero-order valence-corrected chi connectivity index (χ0v) is 11.3. The zero-order chi connectivity index (χ0) is 15.4. The number of rotatable bonds is 4. The molecule has 0 aromatic heterocycles. The summed E-state index contributed by atoms with van der Waals surface area (Å²) in [5.41, 5.74) is 0.598. The van der Waals surface area contributed by atoms with E-state index in [0.29, 0.717) is 11.3 Å².